The minimum Gasteiger partial charge on any atom is -0.497 e. The zero-order valence-electron chi connectivity index (χ0n) is 15.5. The number of methoxy groups -OCH3 is 1. The van der Waals surface area contributed by atoms with Crippen molar-refractivity contribution in [2.24, 2.45) is 0 Å². The summed E-state index contributed by atoms with van der Waals surface area (Å²) in [6, 6.07) is 9.86. The number of amides is 3. The van der Waals surface area contributed by atoms with Gasteiger partial charge in [-0.2, -0.15) is 0 Å². The number of nitrogens with zero attached hydrogens (tertiary/aromatic N) is 1. The number of nitro benzene ring substituents is 1. The van der Waals surface area contributed by atoms with Crippen LogP contribution in [0.1, 0.15) is 18.5 Å². The van der Waals surface area contributed by atoms with Gasteiger partial charge in [-0.1, -0.05) is 6.07 Å². The first-order chi connectivity index (χ1) is 13.8. The number of hydrogen-bond donors (Lipinski definition) is 3. The Kier molecular flexibility index (Phi) is 5.83. The van der Waals surface area contributed by atoms with Crippen molar-refractivity contribution in [1.82, 2.24) is 10.6 Å². The van der Waals surface area contributed by atoms with Gasteiger partial charge in [-0.25, -0.2) is 4.79 Å². The molecule has 0 fully saturated rings. The van der Waals surface area contributed by atoms with Crippen LogP contribution in [0.2, 0.25) is 0 Å². The summed E-state index contributed by atoms with van der Waals surface area (Å²) in [5, 5.41) is 19.3. The first kappa shape index (κ1) is 20.3. The molecule has 2 aromatic carbocycles. The van der Waals surface area contributed by atoms with E-state index in [0.717, 1.165) is 0 Å². The lowest BCUT2D eigenvalue weighted by Gasteiger charge is -2.28. The van der Waals surface area contributed by atoms with Gasteiger partial charge in [-0.3, -0.25) is 14.9 Å². The number of carbonyl (C=O) groups is 2. The van der Waals surface area contributed by atoms with Crippen LogP contribution in [0, 0.1) is 10.1 Å². The zero-order valence-corrected chi connectivity index (χ0v) is 17.1. The summed E-state index contributed by atoms with van der Waals surface area (Å²) in [5.74, 6) is 0.195. The number of anilines is 1. The molecule has 29 heavy (non-hydrogen) atoms. The van der Waals surface area contributed by atoms with Gasteiger partial charge < -0.3 is 20.7 Å². The molecule has 2 aromatic rings. The Labute approximate surface area is 174 Å². The van der Waals surface area contributed by atoms with E-state index in [0.29, 0.717) is 27.2 Å². The third kappa shape index (κ3) is 4.37. The van der Waals surface area contributed by atoms with Crippen LogP contribution in [0.5, 0.6) is 5.75 Å². The Hall–Kier alpha value is -3.40. The molecule has 0 aromatic heterocycles. The molecule has 10 heteroatoms. The van der Waals surface area contributed by atoms with E-state index in [1.54, 1.807) is 44.4 Å². The van der Waals surface area contributed by atoms with Gasteiger partial charge in [0.15, 0.2) is 0 Å². The number of nitrogens with one attached hydrogen (secondary N) is 3. The monoisotopic (exact) mass is 460 g/mol. The van der Waals surface area contributed by atoms with E-state index >= 15 is 0 Å². The molecule has 0 aliphatic carbocycles. The summed E-state index contributed by atoms with van der Waals surface area (Å²) in [7, 11) is 1.54. The van der Waals surface area contributed by atoms with E-state index in [4.69, 9.17) is 4.74 Å². The molecule has 150 valence electrons. The molecule has 0 spiro atoms. The highest BCUT2D eigenvalue weighted by molar-refractivity contribution is 9.10. The van der Waals surface area contributed by atoms with Crippen molar-refractivity contribution in [1.29, 1.82) is 0 Å². The molecule has 0 bridgehead atoms. The zero-order chi connectivity index (χ0) is 21.1. The normalized spacial score (nSPS) is 16.0. The minimum absolute atomic E-state index is 0.164. The number of halogens is 1. The summed E-state index contributed by atoms with van der Waals surface area (Å²) in [4.78, 5) is 35.7. The van der Waals surface area contributed by atoms with Crippen LogP contribution in [0.3, 0.4) is 0 Å². The highest BCUT2D eigenvalue weighted by Gasteiger charge is 2.32. The van der Waals surface area contributed by atoms with E-state index in [2.05, 4.69) is 31.9 Å². The fourth-order valence-electron chi connectivity index (χ4n) is 2.97. The number of benzene rings is 2. The van der Waals surface area contributed by atoms with E-state index in [9.17, 15) is 19.7 Å². The van der Waals surface area contributed by atoms with Gasteiger partial charge in [0.1, 0.15) is 5.75 Å². The number of urea groups is 1. The van der Waals surface area contributed by atoms with Crippen molar-refractivity contribution in [2.75, 3.05) is 12.4 Å². The Morgan fingerprint density at radius 1 is 1.24 bits per heavy atom. The van der Waals surface area contributed by atoms with Crippen LogP contribution in [0.15, 0.2) is 58.2 Å². The maximum absolute atomic E-state index is 13.0. The first-order valence-corrected chi connectivity index (χ1v) is 9.27. The molecular formula is C19H17BrN4O5. The lowest BCUT2D eigenvalue weighted by molar-refractivity contribution is -0.385. The Bertz CT molecular complexity index is 1020. The fraction of sp³-hybridized carbons (Fsp3) is 0.158. The number of ether oxygens (including phenoxy) is 1. The molecule has 0 saturated carbocycles. The third-order valence-corrected chi connectivity index (χ3v) is 5.03. The summed E-state index contributed by atoms with van der Waals surface area (Å²) >= 11 is 3.14. The molecule has 0 saturated heterocycles. The van der Waals surface area contributed by atoms with Crippen LogP contribution >= 0.6 is 15.9 Å². The van der Waals surface area contributed by atoms with Crippen molar-refractivity contribution in [2.45, 2.75) is 13.0 Å². The predicted octanol–water partition coefficient (Wildman–Crippen LogP) is 3.63. The maximum atomic E-state index is 13.0. The molecule has 0 radical (unpaired) electrons. The SMILES string of the molecule is COc1ccc(NC(=O)C2=C(C)NC(=O)N[C@H]2c2ccc(Br)c([N+](=O)[O-])c2)cc1. The van der Waals surface area contributed by atoms with E-state index in [1.807, 2.05) is 0 Å². The van der Waals surface area contributed by atoms with E-state index in [-0.39, 0.29) is 11.3 Å². The molecule has 3 amide bonds. The molecule has 1 atom stereocenters. The maximum Gasteiger partial charge on any atom is 0.319 e. The topological polar surface area (TPSA) is 123 Å². The highest BCUT2D eigenvalue weighted by atomic mass is 79.9. The van der Waals surface area contributed by atoms with Crippen molar-refractivity contribution < 1.29 is 19.2 Å². The number of nitro groups is 1. The summed E-state index contributed by atoms with van der Waals surface area (Å²) in [5.41, 5.74) is 1.39. The summed E-state index contributed by atoms with van der Waals surface area (Å²) < 4.78 is 5.40. The van der Waals surface area contributed by atoms with Gasteiger partial charge in [0.25, 0.3) is 11.6 Å². The molecule has 9 nitrogen and oxygen atoms in total. The molecule has 1 aliphatic heterocycles. The minimum atomic E-state index is -0.853. The van der Waals surface area contributed by atoms with Crippen molar-refractivity contribution in [3.8, 4) is 5.75 Å². The van der Waals surface area contributed by atoms with Gasteiger partial charge in [-0.15, -0.1) is 0 Å². The van der Waals surface area contributed by atoms with Gasteiger partial charge in [0.2, 0.25) is 0 Å². The van der Waals surface area contributed by atoms with Crippen LogP contribution in [-0.2, 0) is 4.79 Å². The standard InChI is InChI=1S/C19H17BrN4O5/c1-10-16(18(25)22-12-4-6-13(29-2)7-5-12)17(23-19(26)21-10)11-3-8-14(20)15(9-11)24(27)28/h3-9,17H,1-2H3,(H,22,25)(H2,21,23,26)/t17-/m0/s1. The average Bonchev–Trinajstić information content (AvgIpc) is 2.68. The third-order valence-electron chi connectivity index (χ3n) is 4.36. The molecule has 1 heterocycles. The van der Waals surface area contributed by atoms with Gasteiger partial charge >= 0.3 is 6.03 Å². The highest BCUT2D eigenvalue weighted by Crippen LogP contribution is 2.33. The van der Waals surface area contributed by atoms with Crippen LogP contribution in [0.25, 0.3) is 0 Å². The molecule has 3 rings (SSSR count). The second-order valence-corrected chi connectivity index (χ2v) is 7.08. The van der Waals surface area contributed by atoms with Gasteiger partial charge in [0, 0.05) is 17.5 Å². The Morgan fingerprint density at radius 3 is 2.55 bits per heavy atom. The largest absolute Gasteiger partial charge is 0.497 e. The smallest absolute Gasteiger partial charge is 0.319 e. The van der Waals surface area contributed by atoms with Crippen LogP contribution < -0.4 is 20.7 Å². The lowest BCUT2D eigenvalue weighted by atomic mass is 9.94. The van der Waals surface area contributed by atoms with E-state index in [1.165, 1.54) is 12.1 Å². The van der Waals surface area contributed by atoms with Crippen molar-refractivity contribution in [3.05, 3.63) is 73.9 Å². The molecule has 1 aliphatic rings. The number of allylic oxidation sites excluding steroid dienone is 1. The molecule has 0 unspecified atom stereocenters. The predicted molar refractivity (Wildman–Crippen MR) is 110 cm³/mol. The number of hydrogen-bond acceptors (Lipinski definition) is 5. The fourth-order valence-corrected chi connectivity index (χ4v) is 3.36. The average molecular weight is 461 g/mol. The molecular weight excluding hydrogens is 444 g/mol. The number of rotatable bonds is 5. The first-order valence-electron chi connectivity index (χ1n) is 8.47. The quantitative estimate of drug-likeness (QED) is 0.464. The summed E-state index contributed by atoms with van der Waals surface area (Å²) in [6.45, 7) is 1.60. The van der Waals surface area contributed by atoms with Crippen LogP contribution in [-0.4, -0.2) is 24.0 Å². The van der Waals surface area contributed by atoms with E-state index < -0.39 is 22.9 Å². The second kappa shape index (κ2) is 8.31. The number of carbonyl (C=O) groups excluding carboxylic acids is 2. The Morgan fingerprint density at radius 2 is 1.93 bits per heavy atom. The second-order valence-electron chi connectivity index (χ2n) is 6.22. The lowest BCUT2D eigenvalue weighted by Crippen LogP contribution is -2.46. The van der Waals surface area contributed by atoms with Gasteiger partial charge in [0.05, 0.1) is 28.1 Å². The molecule has 3 N–H and O–H groups in total. The Balaban J connectivity index is 1.96. The van der Waals surface area contributed by atoms with Crippen molar-refractivity contribution >= 4 is 39.2 Å². The van der Waals surface area contributed by atoms with Gasteiger partial charge in [-0.05, 0) is 58.7 Å². The van der Waals surface area contributed by atoms with Crippen molar-refractivity contribution in [3.63, 3.8) is 0 Å². The van der Waals surface area contributed by atoms with Crippen LogP contribution in [0.4, 0.5) is 16.2 Å². The summed E-state index contributed by atoms with van der Waals surface area (Å²) in [6.07, 6.45) is 0.